The summed E-state index contributed by atoms with van der Waals surface area (Å²) in [4.78, 5) is 12.0. The molecule has 0 aliphatic carbocycles. The molecular formula is C14H28N2O2. The number of hydrogen-bond donors (Lipinski definition) is 2. The van der Waals surface area contributed by atoms with Crippen LogP contribution in [0, 0.1) is 16.2 Å². The lowest BCUT2D eigenvalue weighted by molar-refractivity contribution is -0.144. The minimum atomic E-state index is -0.589. The summed E-state index contributed by atoms with van der Waals surface area (Å²) in [5, 5.41) is 0. The summed E-state index contributed by atoms with van der Waals surface area (Å²) in [6.07, 6.45) is 0.457. The molecule has 0 aromatic carbocycles. The molecule has 0 aromatic rings. The number of nitrogens with two attached hydrogens (primary N) is 2. The van der Waals surface area contributed by atoms with Gasteiger partial charge in [0.05, 0.1) is 0 Å². The van der Waals surface area contributed by atoms with E-state index in [4.69, 9.17) is 16.2 Å². The third-order valence-electron chi connectivity index (χ3n) is 4.42. The molecule has 106 valence electrons. The highest BCUT2D eigenvalue weighted by Crippen LogP contribution is 2.59. The van der Waals surface area contributed by atoms with Crippen LogP contribution in [0.15, 0.2) is 0 Å². The van der Waals surface area contributed by atoms with Crippen molar-refractivity contribution in [2.24, 2.45) is 27.7 Å². The number of carbonyl (C=O) groups is 1. The van der Waals surface area contributed by atoms with Gasteiger partial charge in [0.25, 0.3) is 0 Å². The quantitative estimate of drug-likeness (QED) is 0.737. The Hall–Kier alpha value is -0.610. The summed E-state index contributed by atoms with van der Waals surface area (Å²) in [6.45, 7) is 13.3. The van der Waals surface area contributed by atoms with E-state index in [1.807, 2.05) is 0 Å². The third kappa shape index (κ3) is 1.95. The molecule has 1 heterocycles. The summed E-state index contributed by atoms with van der Waals surface area (Å²) in [6, 6.07) is -0.589. The highest BCUT2D eigenvalue weighted by molar-refractivity contribution is 5.80. The second kappa shape index (κ2) is 4.49. The smallest absolute Gasteiger partial charge is 0.323 e. The molecule has 1 rings (SSSR count). The second-order valence-corrected chi connectivity index (χ2v) is 7.35. The fourth-order valence-corrected chi connectivity index (χ4v) is 4.15. The number of cyclic esters (lactones) is 1. The Balaban J connectivity index is 3.42. The molecule has 18 heavy (non-hydrogen) atoms. The molecule has 1 fully saturated rings. The second-order valence-electron chi connectivity index (χ2n) is 7.35. The van der Waals surface area contributed by atoms with Crippen molar-refractivity contribution in [2.75, 3.05) is 6.54 Å². The molecule has 1 aliphatic rings. The topological polar surface area (TPSA) is 78.3 Å². The standard InChI is InChI=1S/C14H28N2O2/c1-12(2,3)14(13(4,5)6)9(7-8-15)18-11(17)10(14)16/h9-10H,7-8,15-16H2,1-6H3/t9-,10-/m1/s1. The maximum Gasteiger partial charge on any atom is 0.323 e. The Morgan fingerprint density at radius 1 is 1.17 bits per heavy atom. The number of hydrogen-bond acceptors (Lipinski definition) is 4. The van der Waals surface area contributed by atoms with Crippen LogP contribution in [0.3, 0.4) is 0 Å². The minimum absolute atomic E-state index is 0.142. The zero-order chi connectivity index (χ0) is 14.4. The van der Waals surface area contributed by atoms with Gasteiger partial charge in [0.1, 0.15) is 12.1 Å². The van der Waals surface area contributed by atoms with Gasteiger partial charge in [0.15, 0.2) is 0 Å². The molecule has 0 radical (unpaired) electrons. The van der Waals surface area contributed by atoms with Gasteiger partial charge >= 0.3 is 5.97 Å². The van der Waals surface area contributed by atoms with Crippen LogP contribution in [0.4, 0.5) is 0 Å². The van der Waals surface area contributed by atoms with Crippen LogP contribution in [0.2, 0.25) is 0 Å². The average Bonchev–Trinajstić information content (AvgIpc) is 2.38. The van der Waals surface area contributed by atoms with Crippen LogP contribution >= 0.6 is 0 Å². The zero-order valence-electron chi connectivity index (χ0n) is 12.5. The molecule has 4 nitrogen and oxygen atoms in total. The molecule has 0 saturated carbocycles. The summed E-state index contributed by atoms with van der Waals surface area (Å²) >= 11 is 0. The van der Waals surface area contributed by atoms with Crippen molar-refractivity contribution in [3.63, 3.8) is 0 Å². The van der Waals surface area contributed by atoms with Crippen LogP contribution in [-0.2, 0) is 9.53 Å². The van der Waals surface area contributed by atoms with E-state index in [9.17, 15) is 4.79 Å². The van der Waals surface area contributed by atoms with Gasteiger partial charge < -0.3 is 16.2 Å². The lowest BCUT2D eigenvalue weighted by atomic mass is 9.49. The monoisotopic (exact) mass is 256 g/mol. The number of ether oxygens (including phenoxy) is 1. The Morgan fingerprint density at radius 3 is 1.94 bits per heavy atom. The van der Waals surface area contributed by atoms with Crippen molar-refractivity contribution in [1.82, 2.24) is 0 Å². The van der Waals surface area contributed by atoms with Crippen LogP contribution < -0.4 is 11.5 Å². The van der Waals surface area contributed by atoms with Gasteiger partial charge in [-0.05, 0) is 23.8 Å². The van der Waals surface area contributed by atoms with E-state index >= 15 is 0 Å². The Morgan fingerprint density at radius 2 is 1.61 bits per heavy atom. The number of carbonyl (C=O) groups excluding carboxylic acids is 1. The fourth-order valence-electron chi connectivity index (χ4n) is 4.15. The maximum absolute atomic E-state index is 12.0. The van der Waals surface area contributed by atoms with Crippen LogP contribution in [-0.4, -0.2) is 24.7 Å². The molecule has 0 aromatic heterocycles. The molecule has 0 bridgehead atoms. The van der Waals surface area contributed by atoms with E-state index in [0.29, 0.717) is 13.0 Å². The van der Waals surface area contributed by atoms with E-state index in [-0.39, 0.29) is 22.9 Å². The van der Waals surface area contributed by atoms with Crippen molar-refractivity contribution in [3.8, 4) is 0 Å². The third-order valence-corrected chi connectivity index (χ3v) is 4.42. The largest absolute Gasteiger partial charge is 0.460 e. The predicted molar refractivity (Wildman–Crippen MR) is 72.9 cm³/mol. The van der Waals surface area contributed by atoms with E-state index < -0.39 is 11.5 Å². The lowest BCUT2D eigenvalue weighted by Crippen LogP contribution is -2.61. The molecular weight excluding hydrogens is 228 g/mol. The first kappa shape index (κ1) is 15.4. The van der Waals surface area contributed by atoms with Gasteiger partial charge in [-0.2, -0.15) is 0 Å². The number of rotatable bonds is 2. The first-order chi connectivity index (χ1) is 8.00. The Labute approximate surface area is 110 Å². The highest BCUT2D eigenvalue weighted by atomic mass is 16.6. The van der Waals surface area contributed by atoms with E-state index in [1.165, 1.54) is 0 Å². The molecule has 4 N–H and O–H groups in total. The van der Waals surface area contributed by atoms with E-state index in [1.54, 1.807) is 0 Å². The van der Waals surface area contributed by atoms with Crippen molar-refractivity contribution in [2.45, 2.75) is 60.1 Å². The van der Waals surface area contributed by atoms with Gasteiger partial charge in [-0.15, -0.1) is 0 Å². The van der Waals surface area contributed by atoms with Gasteiger partial charge in [0.2, 0.25) is 0 Å². The van der Waals surface area contributed by atoms with Crippen molar-refractivity contribution < 1.29 is 9.53 Å². The normalized spacial score (nSPS) is 28.3. The summed E-state index contributed by atoms with van der Waals surface area (Å²) in [5.74, 6) is -0.293. The summed E-state index contributed by atoms with van der Waals surface area (Å²) in [7, 11) is 0. The van der Waals surface area contributed by atoms with Crippen LogP contribution in [0.25, 0.3) is 0 Å². The summed E-state index contributed by atoms with van der Waals surface area (Å²) < 4.78 is 5.54. The van der Waals surface area contributed by atoms with Gasteiger partial charge in [0, 0.05) is 5.41 Å². The zero-order valence-corrected chi connectivity index (χ0v) is 12.5. The fraction of sp³-hybridized carbons (Fsp3) is 0.929. The van der Waals surface area contributed by atoms with Crippen molar-refractivity contribution in [1.29, 1.82) is 0 Å². The molecule has 0 spiro atoms. The molecule has 0 unspecified atom stereocenters. The Bertz CT molecular complexity index is 312. The highest BCUT2D eigenvalue weighted by Gasteiger charge is 2.66. The average molecular weight is 256 g/mol. The van der Waals surface area contributed by atoms with Gasteiger partial charge in [-0.3, -0.25) is 4.79 Å². The van der Waals surface area contributed by atoms with Crippen LogP contribution in [0.5, 0.6) is 0 Å². The SMILES string of the molecule is CC(C)(C)C1(C(C)(C)C)[C@H](N)C(=O)O[C@@H]1CCN. The molecule has 4 heteroatoms. The first-order valence-electron chi connectivity index (χ1n) is 6.66. The van der Waals surface area contributed by atoms with Gasteiger partial charge in [-0.25, -0.2) is 0 Å². The lowest BCUT2D eigenvalue weighted by Gasteiger charge is -2.54. The maximum atomic E-state index is 12.0. The number of esters is 1. The molecule has 2 atom stereocenters. The minimum Gasteiger partial charge on any atom is -0.460 e. The van der Waals surface area contributed by atoms with E-state index in [2.05, 4.69) is 41.5 Å². The van der Waals surface area contributed by atoms with Crippen molar-refractivity contribution in [3.05, 3.63) is 0 Å². The van der Waals surface area contributed by atoms with E-state index in [0.717, 1.165) is 0 Å². The molecule has 0 amide bonds. The first-order valence-corrected chi connectivity index (χ1v) is 6.66. The molecule has 1 aliphatic heterocycles. The summed E-state index contributed by atoms with van der Waals surface area (Å²) in [5.41, 5.74) is 11.2. The van der Waals surface area contributed by atoms with Gasteiger partial charge in [-0.1, -0.05) is 41.5 Å². The van der Waals surface area contributed by atoms with Crippen LogP contribution in [0.1, 0.15) is 48.0 Å². The molecule has 1 saturated heterocycles. The van der Waals surface area contributed by atoms with Crippen molar-refractivity contribution >= 4 is 5.97 Å². The Kier molecular flexibility index (Phi) is 3.86. The predicted octanol–water partition coefficient (Wildman–Crippen LogP) is 1.67.